The van der Waals surface area contributed by atoms with Crippen LogP contribution in [-0.4, -0.2) is 52.0 Å². The molecule has 1 aromatic carbocycles. The fraction of sp³-hybridized carbons (Fsp3) is 0.536. The molecule has 2 unspecified atom stereocenters. The smallest absolute Gasteiger partial charge is 0.287 e. The van der Waals surface area contributed by atoms with E-state index in [1.54, 1.807) is 6.07 Å². The molecule has 1 aliphatic carbocycles. The largest absolute Gasteiger partial charge is 0.363 e. The molecular formula is C28H37N5O5. The van der Waals surface area contributed by atoms with Crippen molar-refractivity contribution in [2.45, 2.75) is 82.8 Å². The van der Waals surface area contributed by atoms with E-state index in [2.05, 4.69) is 20.9 Å². The second-order valence-corrected chi connectivity index (χ2v) is 11.3. The maximum absolute atomic E-state index is 13.5. The lowest BCUT2D eigenvalue weighted by Gasteiger charge is -2.28. The van der Waals surface area contributed by atoms with Crippen molar-refractivity contribution in [3.05, 3.63) is 36.0 Å². The van der Waals surface area contributed by atoms with Gasteiger partial charge in [0.2, 0.25) is 17.6 Å². The van der Waals surface area contributed by atoms with Crippen LogP contribution in [0.15, 0.2) is 30.3 Å². The third-order valence-electron chi connectivity index (χ3n) is 7.68. The van der Waals surface area contributed by atoms with Gasteiger partial charge >= 0.3 is 0 Å². The summed E-state index contributed by atoms with van der Waals surface area (Å²) >= 11 is 0. The number of fused-ring (bicyclic) bond motifs is 1. The van der Waals surface area contributed by atoms with E-state index >= 15 is 0 Å². The van der Waals surface area contributed by atoms with Crippen molar-refractivity contribution in [2.24, 2.45) is 17.6 Å². The Hall–Kier alpha value is -3.69. The molecule has 10 nitrogen and oxygen atoms in total. The SMILES string of the molecule is CC1(C)CC(CC(NC(=O)[C@H](CC2CCCCC2)NC(=O)c2cc3ccccc3[nH]2)C(=O)C(N)=O)C(=O)N1. The molecule has 1 aromatic heterocycles. The van der Waals surface area contributed by atoms with Gasteiger partial charge in [-0.05, 0) is 51.2 Å². The van der Waals surface area contributed by atoms with Crippen LogP contribution in [0.5, 0.6) is 0 Å². The number of hydrogen-bond donors (Lipinski definition) is 5. The number of nitrogens with two attached hydrogens (primary N) is 1. The summed E-state index contributed by atoms with van der Waals surface area (Å²) < 4.78 is 0. The Balaban J connectivity index is 1.52. The minimum Gasteiger partial charge on any atom is -0.363 e. The number of benzene rings is 1. The van der Waals surface area contributed by atoms with Crippen LogP contribution in [0, 0.1) is 11.8 Å². The molecule has 2 aromatic rings. The third kappa shape index (κ3) is 6.59. The molecule has 2 aliphatic rings. The van der Waals surface area contributed by atoms with E-state index in [-0.39, 0.29) is 18.2 Å². The van der Waals surface area contributed by atoms with Crippen LogP contribution in [0.4, 0.5) is 0 Å². The number of aromatic amines is 1. The molecule has 1 saturated heterocycles. The molecule has 4 rings (SSSR count). The Morgan fingerprint density at radius 1 is 1.03 bits per heavy atom. The van der Waals surface area contributed by atoms with Crippen molar-refractivity contribution in [2.75, 3.05) is 0 Å². The number of rotatable bonds is 10. The Kier molecular flexibility index (Phi) is 8.18. The zero-order valence-electron chi connectivity index (χ0n) is 22.0. The molecule has 0 bridgehead atoms. The number of para-hydroxylation sites is 1. The molecular weight excluding hydrogens is 486 g/mol. The van der Waals surface area contributed by atoms with Gasteiger partial charge in [0.15, 0.2) is 0 Å². The van der Waals surface area contributed by atoms with Crippen molar-refractivity contribution in [1.29, 1.82) is 0 Å². The molecule has 1 aliphatic heterocycles. The standard InChI is InChI=1S/C28H37N5O5/c1-28(2)15-18(25(36)33-28)14-20(23(34)24(29)35)31-26(37)21(12-16-8-4-3-5-9-16)32-27(38)22-13-17-10-6-7-11-19(17)30-22/h6-7,10-11,13,16,18,20-21,30H,3-5,8-9,12,14-15H2,1-2H3,(H2,29,35)(H,31,37)(H,32,38)(H,33,36)/t18?,20?,21-/m0/s1. The second-order valence-electron chi connectivity index (χ2n) is 11.3. The second kappa shape index (κ2) is 11.4. The molecule has 38 heavy (non-hydrogen) atoms. The third-order valence-corrected chi connectivity index (χ3v) is 7.68. The normalized spacial score (nSPS) is 20.9. The average molecular weight is 524 g/mol. The van der Waals surface area contributed by atoms with E-state index in [9.17, 15) is 24.0 Å². The van der Waals surface area contributed by atoms with E-state index in [0.717, 1.165) is 43.0 Å². The summed E-state index contributed by atoms with van der Waals surface area (Å²) in [5.41, 5.74) is 5.95. The highest BCUT2D eigenvalue weighted by Crippen LogP contribution is 2.29. The first-order valence-corrected chi connectivity index (χ1v) is 13.4. The van der Waals surface area contributed by atoms with Gasteiger partial charge in [-0.1, -0.05) is 50.3 Å². The highest BCUT2D eigenvalue weighted by Gasteiger charge is 2.41. The van der Waals surface area contributed by atoms with Crippen molar-refractivity contribution < 1.29 is 24.0 Å². The summed E-state index contributed by atoms with van der Waals surface area (Å²) in [7, 11) is 0. The number of hydrogen-bond acceptors (Lipinski definition) is 5. The van der Waals surface area contributed by atoms with Gasteiger partial charge in [0.25, 0.3) is 11.8 Å². The lowest BCUT2D eigenvalue weighted by Crippen LogP contribution is -2.54. The van der Waals surface area contributed by atoms with Gasteiger partial charge in [-0.3, -0.25) is 24.0 Å². The summed E-state index contributed by atoms with van der Waals surface area (Å²) in [5.74, 6) is -3.71. The molecule has 2 fully saturated rings. The molecule has 204 valence electrons. The van der Waals surface area contributed by atoms with Crippen LogP contribution < -0.4 is 21.7 Å². The van der Waals surface area contributed by atoms with Crippen molar-refractivity contribution >= 4 is 40.3 Å². The number of aromatic nitrogens is 1. The number of carbonyl (C=O) groups is 5. The van der Waals surface area contributed by atoms with Gasteiger partial charge in [-0.2, -0.15) is 0 Å². The maximum Gasteiger partial charge on any atom is 0.287 e. The van der Waals surface area contributed by atoms with Gasteiger partial charge in [0.05, 0.1) is 6.04 Å². The molecule has 1 saturated carbocycles. The molecule has 6 N–H and O–H groups in total. The number of nitrogens with one attached hydrogen (secondary N) is 4. The Morgan fingerprint density at radius 2 is 1.74 bits per heavy atom. The summed E-state index contributed by atoms with van der Waals surface area (Å²) in [5, 5.41) is 9.23. The van der Waals surface area contributed by atoms with E-state index < -0.39 is 47.0 Å². The number of H-pyrrole nitrogens is 1. The average Bonchev–Trinajstić information content (AvgIpc) is 3.42. The number of amides is 4. The van der Waals surface area contributed by atoms with E-state index in [1.165, 1.54) is 0 Å². The van der Waals surface area contributed by atoms with Crippen LogP contribution in [-0.2, 0) is 19.2 Å². The first kappa shape index (κ1) is 27.3. The number of carbonyl (C=O) groups excluding carboxylic acids is 5. The van der Waals surface area contributed by atoms with Gasteiger partial charge in [-0.15, -0.1) is 0 Å². The van der Waals surface area contributed by atoms with Gasteiger partial charge in [0, 0.05) is 22.4 Å². The van der Waals surface area contributed by atoms with Crippen LogP contribution in [0.1, 0.15) is 75.7 Å². The Morgan fingerprint density at radius 3 is 2.37 bits per heavy atom. The number of primary amides is 1. The fourth-order valence-electron chi connectivity index (χ4n) is 5.77. The summed E-state index contributed by atoms with van der Waals surface area (Å²) in [4.78, 5) is 66.7. The zero-order valence-corrected chi connectivity index (χ0v) is 22.0. The predicted molar refractivity (Wildman–Crippen MR) is 142 cm³/mol. The number of ketones is 1. The first-order valence-electron chi connectivity index (χ1n) is 13.4. The monoisotopic (exact) mass is 523 g/mol. The molecule has 2 heterocycles. The van der Waals surface area contributed by atoms with Crippen molar-refractivity contribution in [1.82, 2.24) is 20.9 Å². The minimum atomic E-state index is -1.26. The molecule has 0 radical (unpaired) electrons. The molecule has 0 spiro atoms. The molecule has 10 heteroatoms. The van der Waals surface area contributed by atoms with Crippen LogP contribution in [0.25, 0.3) is 10.9 Å². The fourth-order valence-corrected chi connectivity index (χ4v) is 5.77. The molecule has 4 amide bonds. The molecule has 3 atom stereocenters. The van der Waals surface area contributed by atoms with Crippen molar-refractivity contribution in [3.63, 3.8) is 0 Å². The topological polar surface area (TPSA) is 163 Å². The predicted octanol–water partition coefficient (Wildman–Crippen LogP) is 2.08. The zero-order chi connectivity index (χ0) is 27.4. The summed E-state index contributed by atoms with van der Waals surface area (Å²) in [6, 6.07) is 7.02. The Labute approximate surface area is 221 Å². The van der Waals surface area contributed by atoms with Crippen molar-refractivity contribution in [3.8, 4) is 0 Å². The highest BCUT2D eigenvalue weighted by molar-refractivity contribution is 6.38. The maximum atomic E-state index is 13.5. The summed E-state index contributed by atoms with van der Waals surface area (Å²) in [6.45, 7) is 3.74. The van der Waals surface area contributed by atoms with Gasteiger partial charge in [-0.25, -0.2) is 0 Å². The van der Waals surface area contributed by atoms with E-state index in [1.807, 2.05) is 38.1 Å². The van der Waals surface area contributed by atoms with Crippen LogP contribution >= 0.6 is 0 Å². The number of Topliss-reactive ketones (excluding diaryl/α,β-unsaturated/α-hetero) is 1. The van der Waals surface area contributed by atoms with E-state index in [4.69, 9.17) is 5.73 Å². The quantitative estimate of drug-likeness (QED) is 0.301. The minimum absolute atomic E-state index is 0.0467. The van der Waals surface area contributed by atoms with Crippen LogP contribution in [0.2, 0.25) is 0 Å². The summed E-state index contributed by atoms with van der Waals surface area (Å²) in [6.07, 6.45) is 5.98. The van der Waals surface area contributed by atoms with Crippen LogP contribution in [0.3, 0.4) is 0 Å². The first-order chi connectivity index (χ1) is 18.0. The lowest BCUT2D eigenvalue weighted by atomic mass is 9.84. The van der Waals surface area contributed by atoms with E-state index in [0.29, 0.717) is 18.5 Å². The Bertz CT molecular complexity index is 1200. The van der Waals surface area contributed by atoms with Gasteiger partial charge in [0.1, 0.15) is 11.7 Å². The lowest BCUT2D eigenvalue weighted by molar-refractivity contribution is -0.139. The highest BCUT2D eigenvalue weighted by atomic mass is 16.2. The van der Waals surface area contributed by atoms with Gasteiger partial charge < -0.3 is 26.7 Å².